The maximum Gasteiger partial charge on any atom is 0.339 e. The van der Waals surface area contributed by atoms with Crippen LogP contribution >= 0.6 is 0 Å². The molecule has 1 aromatic heterocycles. The molecule has 0 aliphatic heterocycles. The fourth-order valence-corrected chi connectivity index (χ4v) is 1.95. The third-order valence-electron chi connectivity index (χ3n) is 2.92. The zero-order valence-electron chi connectivity index (χ0n) is 10.1. The summed E-state index contributed by atoms with van der Waals surface area (Å²) in [4.78, 5) is 11.5. The molecule has 0 amide bonds. The van der Waals surface area contributed by atoms with Crippen LogP contribution in [0.15, 0.2) is 6.07 Å². The van der Waals surface area contributed by atoms with Gasteiger partial charge in [-0.15, -0.1) is 0 Å². The SMILES string of the molecule is CC[C@@H](C)n1c(C)cc(C(=O)OC)c1C. The maximum atomic E-state index is 11.5. The molecule has 0 aliphatic carbocycles. The summed E-state index contributed by atoms with van der Waals surface area (Å²) in [7, 11) is 1.41. The molecule has 84 valence electrons. The Balaban J connectivity index is 3.20. The molecule has 0 bridgehead atoms. The van der Waals surface area contributed by atoms with Crippen LogP contribution in [0.1, 0.15) is 48.1 Å². The van der Waals surface area contributed by atoms with Crippen LogP contribution in [0, 0.1) is 13.8 Å². The first-order chi connectivity index (χ1) is 7.02. The van der Waals surface area contributed by atoms with E-state index in [1.807, 2.05) is 19.9 Å². The third-order valence-corrected chi connectivity index (χ3v) is 2.92. The number of esters is 1. The van der Waals surface area contributed by atoms with E-state index in [1.165, 1.54) is 7.11 Å². The number of rotatable bonds is 3. The van der Waals surface area contributed by atoms with Crippen LogP contribution in [0.4, 0.5) is 0 Å². The van der Waals surface area contributed by atoms with Crippen molar-refractivity contribution in [2.75, 3.05) is 7.11 Å². The molecule has 15 heavy (non-hydrogen) atoms. The van der Waals surface area contributed by atoms with E-state index in [9.17, 15) is 4.79 Å². The molecule has 3 nitrogen and oxygen atoms in total. The highest BCUT2D eigenvalue weighted by molar-refractivity contribution is 5.91. The van der Waals surface area contributed by atoms with Crippen LogP contribution in [-0.2, 0) is 4.74 Å². The highest BCUT2D eigenvalue weighted by Gasteiger charge is 2.17. The van der Waals surface area contributed by atoms with E-state index in [0.29, 0.717) is 11.6 Å². The smallest absolute Gasteiger partial charge is 0.339 e. The Hall–Kier alpha value is -1.25. The molecule has 0 saturated heterocycles. The van der Waals surface area contributed by atoms with Gasteiger partial charge in [-0.05, 0) is 33.3 Å². The summed E-state index contributed by atoms with van der Waals surface area (Å²) >= 11 is 0. The highest BCUT2D eigenvalue weighted by atomic mass is 16.5. The molecule has 0 aliphatic rings. The first-order valence-electron chi connectivity index (χ1n) is 5.29. The van der Waals surface area contributed by atoms with E-state index < -0.39 is 0 Å². The van der Waals surface area contributed by atoms with E-state index in [0.717, 1.165) is 17.8 Å². The van der Waals surface area contributed by atoms with Crippen LogP contribution in [-0.4, -0.2) is 17.6 Å². The summed E-state index contributed by atoms with van der Waals surface area (Å²) in [6.07, 6.45) is 1.05. The molecule has 1 atom stereocenters. The number of hydrogen-bond acceptors (Lipinski definition) is 2. The Bertz CT molecular complexity index is 366. The van der Waals surface area contributed by atoms with Gasteiger partial charge in [-0.3, -0.25) is 0 Å². The lowest BCUT2D eigenvalue weighted by Crippen LogP contribution is -2.09. The highest BCUT2D eigenvalue weighted by Crippen LogP contribution is 2.22. The van der Waals surface area contributed by atoms with Gasteiger partial charge in [0, 0.05) is 17.4 Å². The van der Waals surface area contributed by atoms with E-state index >= 15 is 0 Å². The number of hydrogen-bond donors (Lipinski definition) is 0. The maximum absolute atomic E-state index is 11.5. The van der Waals surface area contributed by atoms with E-state index in [-0.39, 0.29) is 5.97 Å². The van der Waals surface area contributed by atoms with Crippen molar-refractivity contribution in [3.63, 3.8) is 0 Å². The molecular formula is C12H19NO2. The quantitative estimate of drug-likeness (QED) is 0.717. The summed E-state index contributed by atoms with van der Waals surface area (Å²) in [5, 5.41) is 0. The minimum Gasteiger partial charge on any atom is -0.465 e. The first-order valence-corrected chi connectivity index (χ1v) is 5.29. The lowest BCUT2D eigenvalue weighted by Gasteiger charge is -2.16. The fraction of sp³-hybridized carbons (Fsp3) is 0.583. The molecule has 0 N–H and O–H groups in total. The summed E-state index contributed by atoms with van der Waals surface area (Å²) in [5.41, 5.74) is 2.78. The van der Waals surface area contributed by atoms with Crippen molar-refractivity contribution in [3.05, 3.63) is 23.0 Å². The van der Waals surface area contributed by atoms with Crippen LogP contribution in [0.2, 0.25) is 0 Å². The predicted molar refractivity (Wildman–Crippen MR) is 60.2 cm³/mol. The molecule has 0 aromatic carbocycles. The van der Waals surface area contributed by atoms with Crippen molar-refractivity contribution in [2.24, 2.45) is 0 Å². The first kappa shape index (κ1) is 11.8. The predicted octanol–water partition coefficient (Wildman–Crippen LogP) is 2.86. The number of aryl methyl sites for hydroxylation is 1. The van der Waals surface area contributed by atoms with Gasteiger partial charge in [0.1, 0.15) is 0 Å². The van der Waals surface area contributed by atoms with E-state index in [2.05, 4.69) is 18.4 Å². The second-order valence-corrected chi connectivity index (χ2v) is 3.90. The second-order valence-electron chi connectivity index (χ2n) is 3.90. The van der Waals surface area contributed by atoms with E-state index in [1.54, 1.807) is 0 Å². The molecule has 0 unspecified atom stereocenters. The zero-order chi connectivity index (χ0) is 11.6. The molecule has 3 heteroatoms. The van der Waals surface area contributed by atoms with Crippen LogP contribution in [0.5, 0.6) is 0 Å². The van der Waals surface area contributed by atoms with Gasteiger partial charge in [0.2, 0.25) is 0 Å². The number of methoxy groups -OCH3 is 1. The molecule has 0 fully saturated rings. The molecule has 0 radical (unpaired) electrons. The average molecular weight is 209 g/mol. The fourth-order valence-electron chi connectivity index (χ4n) is 1.95. The lowest BCUT2D eigenvalue weighted by molar-refractivity contribution is 0.0599. The number of nitrogens with zero attached hydrogens (tertiary/aromatic N) is 1. The zero-order valence-corrected chi connectivity index (χ0v) is 10.1. The largest absolute Gasteiger partial charge is 0.465 e. The number of ether oxygens (including phenoxy) is 1. The van der Waals surface area contributed by atoms with Gasteiger partial charge in [0.05, 0.1) is 12.7 Å². The van der Waals surface area contributed by atoms with Crippen LogP contribution in [0.25, 0.3) is 0 Å². The van der Waals surface area contributed by atoms with Gasteiger partial charge in [-0.1, -0.05) is 6.92 Å². The minimum absolute atomic E-state index is 0.252. The summed E-state index contributed by atoms with van der Waals surface area (Å²) < 4.78 is 6.93. The summed E-state index contributed by atoms with van der Waals surface area (Å²) in [6.45, 7) is 8.28. The standard InChI is InChI=1S/C12H19NO2/c1-6-8(2)13-9(3)7-11(10(13)4)12(14)15-5/h7-8H,6H2,1-5H3/t8-/m1/s1. The van der Waals surface area contributed by atoms with Crippen molar-refractivity contribution < 1.29 is 9.53 Å². The van der Waals surface area contributed by atoms with Gasteiger partial charge in [0.15, 0.2) is 0 Å². The van der Waals surface area contributed by atoms with Gasteiger partial charge in [-0.25, -0.2) is 4.79 Å². The van der Waals surface area contributed by atoms with Crippen molar-refractivity contribution >= 4 is 5.97 Å². The van der Waals surface area contributed by atoms with Crippen molar-refractivity contribution in [2.45, 2.75) is 40.2 Å². The Morgan fingerprint density at radius 3 is 2.60 bits per heavy atom. The topological polar surface area (TPSA) is 31.2 Å². The third kappa shape index (κ3) is 2.06. The number of carbonyl (C=O) groups is 1. The molecule has 1 aromatic rings. The lowest BCUT2D eigenvalue weighted by atomic mass is 10.2. The monoisotopic (exact) mass is 209 g/mol. The Kier molecular flexibility index (Phi) is 3.56. The second kappa shape index (κ2) is 4.51. The molecule has 0 saturated carbocycles. The van der Waals surface area contributed by atoms with Gasteiger partial charge in [0.25, 0.3) is 0 Å². The van der Waals surface area contributed by atoms with Crippen LogP contribution < -0.4 is 0 Å². The minimum atomic E-state index is -0.252. The Morgan fingerprint density at radius 2 is 2.13 bits per heavy atom. The number of aromatic nitrogens is 1. The molecular weight excluding hydrogens is 190 g/mol. The summed E-state index contributed by atoms with van der Waals surface area (Å²) in [5.74, 6) is -0.252. The van der Waals surface area contributed by atoms with Crippen molar-refractivity contribution in [1.29, 1.82) is 0 Å². The normalized spacial score (nSPS) is 12.6. The average Bonchev–Trinajstić information content (AvgIpc) is 2.52. The number of carbonyl (C=O) groups excluding carboxylic acids is 1. The Labute approximate surface area is 91.0 Å². The summed E-state index contributed by atoms with van der Waals surface area (Å²) in [6, 6.07) is 2.32. The van der Waals surface area contributed by atoms with Crippen molar-refractivity contribution in [3.8, 4) is 0 Å². The Morgan fingerprint density at radius 1 is 1.53 bits per heavy atom. The van der Waals surface area contributed by atoms with Gasteiger partial charge < -0.3 is 9.30 Å². The van der Waals surface area contributed by atoms with Gasteiger partial charge >= 0.3 is 5.97 Å². The van der Waals surface area contributed by atoms with Crippen LogP contribution in [0.3, 0.4) is 0 Å². The van der Waals surface area contributed by atoms with Gasteiger partial charge in [-0.2, -0.15) is 0 Å². The molecule has 1 rings (SSSR count). The van der Waals surface area contributed by atoms with E-state index in [4.69, 9.17) is 4.74 Å². The molecule has 0 spiro atoms. The molecule has 1 heterocycles. The van der Waals surface area contributed by atoms with Crippen molar-refractivity contribution in [1.82, 2.24) is 4.57 Å².